The number of imide groups is 1. The van der Waals surface area contributed by atoms with Crippen LogP contribution in [0.4, 0.5) is 4.79 Å². The Morgan fingerprint density at radius 2 is 1.82 bits per heavy atom. The van der Waals surface area contributed by atoms with Crippen molar-refractivity contribution in [2.45, 2.75) is 38.5 Å². The van der Waals surface area contributed by atoms with Gasteiger partial charge < -0.3 is 19.6 Å². The molecule has 1 fully saturated rings. The van der Waals surface area contributed by atoms with Gasteiger partial charge in [0.15, 0.2) is 6.10 Å². The molecular formula is C27H25Cl2N3O5S. The number of hydrogen-bond acceptors (Lipinski definition) is 7. The third-order valence-corrected chi connectivity index (χ3v) is 7.58. The molecule has 0 spiro atoms. The summed E-state index contributed by atoms with van der Waals surface area (Å²) in [6.45, 7) is 5.43. The lowest BCUT2D eigenvalue weighted by Gasteiger charge is -2.13. The van der Waals surface area contributed by atoms with Gasteiger partial charge in [-0.3, -0.25) is 14.9 Å². The number of phenolic OH excluding ortho intramolecular Hbond substituents is 1. The van der Waals surface area contributed by atoms with E-state index in [9.17, 15) is 14.7 Å². The smallest absolute Gasteiger partial charge is 0.286 e. The van der Waals surface area contributed by atoms with E-state index in [0.717, 1.165) is 28.4 Å². The number of thioether (sulfide) groups is 1. The lowest BCUT2D eigenvalue weighted by molar-refractivity contribution is -0.118. The molecule has 1 saturated heterocycles. The number of halogens is 2. The van der Waals surface area contributed by atoms with Crippen LogP contribution in [0, 0.1) is 13.8 Å². The van der Waals surface area contributed by atoms with Crippen LogP contribution >= 0.6 is 35.8 Å². The summed E-state index contributed by atoms with van der Waals surface area (Å²) in [7, 11) is 0. The standard InChI is InChI=1S/C27H24ClN3O5S.ClH/c1-13-10-21(23(28)14(2)24(13)32)36-18-8-9-19-20(12-18)30-25(29-19)15(3)35-17-6-4-16(5-7-17)11-22-26(33)31-27(34)37-22;/h4-10,12,15,22,32H,11H2,1-3H3,(H,29,30)(H,31,33,34);1H. The molecule has 1 aliphatic heterocycles. The van der Waals surface area contributed by atoms with Crippen molar-refractivity contribution in [2.24, 2.45) is 0 Å². The van der Waals surface area contributed by atoms with Crippen LogP contribution in [0.5, 0.6) is 23.0 Å². The number of phenols is 1. The number of carbonyl (C=O) groups excluding carboxylic acids is 2. The van der Waals surface area contributed by atoms with Crippen LogP contribution in [0.25, 0.3) is 11.0 Å². The molecule has 4 aromatic rings. The summed E-state index contributed by atoms with van der Waals surface area (Å²) in [5.74, 6) is 2.27. The topological polar surface area (TPSA) is 114 Å². The summed E-state index contributed by atoms with van der Waals surface area (Å²) in [5, 5.41) is 12.0. The number of aromatic nitrogens is 2. The number of aromatic amines is 1. The van der Waals surface area contributed by atoms with Crippen molar-refractivity contribution in [3.8, 4) is 23.0 Å². The van der Waals surface area contributed by atoms with Crippen LogP contribution in [0.3, 0.4) is 0 Å². The number of carbonyl (C=O) groups is 2. The lowest BCUT2D eigenvalue weighted by atomic mass is 10.1. The van der Waals surface area contributed by atoms with E-state index in [4.69, 9.17) is 21.1 Å². The van der Waals surface area contributed by atoms with Gasteiger partial charge in [0.05, 0.1) is 21.3 Å². The minimum atomic E-state index is -0.402. The number of hydrogen-bond donors (Lipinski definition) is 3. The molecule has 1 aliphatic rings. The Kier molecular flexibility index (Phi) is 8.10. The Balaban J connectivity index is 0.00000336. The fraction of sp³-hybridized carbons (Fsp3) is 0.222. The molecule has 0 saturated carbocycles. The average molecular weight is 574 g/mol. The van der Waals surface area contributed by atoms with Crippen molar-refractivity contribution in [3.63, 3.8) is 0 Å². The average Bonchev–Trinajstić information content (AvgIpc) is 3.44. The van der Waals surface area contributed by atoms with Gasteiger partial charge in [-0.1, -0.05) is 35.5 Å². The highest BCUT2D eigenvalue weighted by molar-refractivity contribution is 8.15. The Labute approximate surface area is 234 Å². The second-order valence-corrected chi connectivity index (χ2v) is 10.4. The predicted octanol–water partition coefficient (Wildman–Crippen LogP) is 6.79. The first-order chi connectivity index (χ1) is 17.7. The van der Waals surface area contributed by atoms with Crippen molar-refractivity contribution in [1.82, 2.24) is 15.3 Å². The first-order valence-electron chi connectivity index (χ1n) is 11.6. The lowest BCUT2D eigenvalue weighted by Crippen LogP contribution is -2.25. The molecular weight excluding hydrogens is 549 g/mol. The summed E-state index contributed by atoms with van der Waals surface area (Å²) in [4.78, 5) is 31.1. The summed E-state index contributed by atoms with van der Waals surface area (Å²) in [5.41, 5.74) is 3.73. The van der Waals surface area contributed by atoms with E-state index < -0.39 is 5.25 Å². The molecule has 11 heteroatoms. The van der Waals surface area contributed by atoms with E-state index in [1.54, 1.807) is 19.9 Å². The quantitative estimate of drug-likeness (QED) is 0.223. The number of nitrogens with zero attached hydrogens (tertiary/aromatic N) is 1. The first kappa shape index (κ1) is 27.6. The van der Waals surface area contributed by atoms with E-state index in [2.05, 4.69) is 15.3 Å². The highest BCUT2D eigenvalue weighted by Gasteiger charge is 2.31. The van der Waals surface area contributed by atoms with Gasteiger partial charge in [0.1, 0.15) is 28.8 Å². The molecule has 2 heterocycles. The van der Waals surface area contributed by atoms with Crippen LogP contribution in [-0.2, 0) is 11.2 Å². The Morgan fingerprint density at radius 1 is 1.11 bits per heavy atom. The molecule has 198 valence electrons. The minimum absolute atomic E-state index is 0. The fourth-order valence-corrected chi connectivity index (χ4v) is 5.13. The second-order valence-electron chi connectivity index (χ2n) is 8.87. The molecule has 2 atom stereocenters. The van der Waals surface area contributed by atoms with E-state index >= 15 is 0 Å². The number of benzene rings is 3. The van der Waals surface area contributed by atoms with Crippen LogP contribution in [0.1, 0.15) is 35.5 Å². The second kappa shape index (κ2) is 11.1. The first-order valence-corrected chi connectivity index (χ1v) is 12.9. The third-order valence-electron chi connectivity index (χ3n) is 6.13. The van der Waals surface area contributed by atoms with E-state index in [0.29, 0.717) is 45.6 Å². The molecule has 0 bridgehead atoms. The highest BCUT2D eigenvalue weighted by atomic mass is 35.5. The van der Waals surface area contributed by atoms with Gasteiger partial charge >= 0.3 is 0 Å². The van der Waals surface area contributed by atoms with Crippen molar-refractivity contribution >= 4 is 57.9 Å². The molecule has 3 N–H and O–H groups in total. The van der Waals surface area contributed by atoms with Gasteiger partial charge in [-0.15, -0.1) is 12.4 Å². The SMILES string of the molecule is Cc1cc(Oc2ccc3nc(C(C)Oc4ccc(CC5SC(=O)NC5=O)cc4)[nH]c3c2)c(Cl)c(C)c1O.Cl. The number of H-pyrrole nitrogens is 1. The summed E-state index contributed by atoms with van der Waals surface area (Å²) in [6.07, 6.45) is 0.119. The maximum atomic E-state index is 11.8. The normalized spacial score (nSPS) is 15.7. The van der Waals surface area contributed by atoms with E-state index in [-0.39, 0.29) is 35.4 Å². The molecule has 2 amide bonds. The monoisotopic (exact) mass is 573 g/mol. The van der Waals surface area contributed by atoms with Gasteiger partial charge in [0.2, 0.25) is 5.91 Å². The molecule has 38 heavy (non-hydrogen) atoms. The molecule has 1 aromatic heterocycles. The number of rotatable bonds is 7. The Bertz CT molecular complexity index is 1520. The number of fused-ring (bicyclic) bond motifs is 1. The number of ether oxygens (including phenoxy) is 2. The maximum Gasteiger partial charge on any atom is 0.286 e. The number of aryl methyl sites for hydroxylation is 1. The van der Waals surface area contributed by atoms with Crippen molar-refractivity contribution in [2.75, 3.05) is 0 Å². The number of nitrogens with one attached hydrogen (secondary N) is 2. The van der Waals surface area contributed by atoms with Gasteiger partial charge in [-0.2, -0.15) is 0 Å². The largest absolute Gasteiger partial charge is 0.507 e. The predicted molar refractivity (Wildman–Crippen MR) is 150 cm³/mol. The number of imidazole rings is 1. The Hall–Kier alpha value is -3.40. The molecule has 0 radical (unpaired) electrons. The van der Waals surface area contributed by atoms with Crippen LogP contribution < -0.4 is 14.8 Å². The van der Waals surface area contributed by atoms with E-state index in [1.165, 1.54) is 0 Å². The highest BCUT2D eigenvalue weighted by Crippen LogP contribution is 2.39. The molecule has 5 rings (SSSR count). The van der Waals surface area contributed by atoms with Gasteiger partial charge in [-0.25, -0.2) is 4.98 Å². The van der Waals surface area contributed by atoms with Crippen molar-refractivity contribution in [3.05, 3.63) is 76.1 Å². The van der Waals surface area contributed by atoms with Crippen LogP contribution in [-0.4, -0.2) is 31.5 Å². The minimum Gasteiger partial charge on any atom is -0.507 e. The molecule has 0 aliphatic carbocycles. The zero-order valence-electron chi connectivity index (χ0n) is 20.7. The van der Waals surface area contributed by atoms with Crippen molar-refractivity contribution in [1.29, 1.82) is 0 Å². The summed E-state index contributed by atoms with van der Waals surface area (Å²) in [6, 6.07) is 14.6. The van der Waals surface area contributed by atoms with Crippen LogP contribution in [0.2, 0.25) is 5.02 Å². The molecule has 8 nitrogen and oxygen atoms in total. The van der Waals surface area contributed by atoms with Gasteiger partial charge in [-0.05, 0) is 68.7 Å². The molecule has 3 aromatic carbocycles. The molecule has 2 unspecified atom stereocenters. The third kappa shape index (κ3) is 5.70. The van der Waals surface area contributed by atoms with Gasteiger partial charge in [0.25, 0.3) is 5.24 Å². The number of amides is 2. The summed E-state index contributed by atoms with van der Waals surface area (Å²) < 4.78 is 12.1. The zero-order valence-corrected chi connectivity index (χ0v) is 23.1. The van der Waals surface area contributed by atoms with Crippen molar-refractivity contribution < 1.29 is 24.2 Å². The summed E-state index contributed by atoms with van der Waals surface area (Å²) >= 11 is 7.39. The maximum absolute atomic E-state index is 11.8. The van der Waals surface area contributed by atoms with Gasteiger partial charge in [0, 0.05) is 11.6 Å². The van der Waals surface area contributed by atoms with E-state index in [1.807, 2.05) is 49.4 Å². The van der Waals surface area contributed by atoms with Crippen LogP contribution in [0.15, 0.2) is 48.5 Å². The fourth-order valence-electron chi connectivity index (χ4n) is 4.08. The Morgan fingerprint density at radius 3 is 2.50 bits per heavy atom. The number of aromatic hydroxyl groups is 1. The zero-order chi connectivity index (χ0) is 26.3.